The van der Waals surface area contributed by atoms with E-state index in [1.54, 1.807) is 0 Å². The molecule has 0 aliphatic heterocycles. The van der Waals surface area contributed by atoms with Crippen molar-refractivity contribution in [2.24, 2.45) is 0 Å². The van der Waals surface area contributed by atoms with Crippen LogP contribution in [0.4, 0.5) is 5.82 Å². The molecule has 4 aromatic rings. The molecule has 0 saturated carbocycles. The minimum atomic E-state index is -0.620. The van der Waals surface area contributed by atoms with Gasteiger partial charge in [-0.2, -0.15) is 0 Å². The molecule has 0 spiro atoms. The number of para-hydroxylation sites is 1. The summed E-state index contributed by atoms with van der Waals surface area (Å²) >= 11 is 0. The van der Waals surface area contributed by atoms with Crippen LogP contribution in [0.1, 0.15) is 11.7 Å². The lowest BCUT2D eigenvalue weighted by Gasteiger charge is -2.12. The highest BCUT2D eigenvalue weighted by atomic mass is 16.3. The third-order valence-electron chi connectivity index (χ3n) is 3.81. The van der Waals surface area contributed by atoms with Crippen LogP contribution in [0, 0.1) is 0 Å². The lowest BCUT2D eigenvalue weighted by atomic mass is 10.1. The molecule has 0 amide bonds. The standard InChI is InChI=1S/C18H15N3O2/c22-14(12-6-2-1-3-7-12)10-19-18-17-16(20-11-21-18)13-8-4-5-9-15(13)23-17/h1-9,11,14,22H,10H2,(H,19,20,21). The number of aliphatic hydroxyl groups is 1. The van der Waals surface area contributed by atoms with Gasteiger partial charge < -0.3 is 14.8 Å². The summed E-state index contributed by atoms with van der Waals surface area (Å²) in [4.78, 5) is 8.55. The maximum atomic E-state index is 10.3. The summed E-state index contributed by atoms with van der Waals surface area (Å²) in [5.41, 5.74) is 3.01. The lowest BCUT2D eigenvalue weighted by Crippen LogP contribution is -2.13. The molecule has 2 N–H and O–H groups in total. The maximum Gasteiger partial charge on any atom is 0.196 e. The molecule has 0 bridgehead atoms. The largest absolute Gasteiger partial charge is 0.450 e. The van der Waals surface area contributed by atoms with Gasteiger partial charge in [0.15, 0.2) is 11.4 Å². The minimum Gasteiger partial charge on any atom is -0.450 e. The van der Waals surface area contributed by atoms with Gasteiger partial charge in [0.05, 0.1) is 6.10 Å². The van der Waals surface area contributed by atoms with E-state index < -0.39 is 6.10 Å². The van der Waals surface area contributed by atoms with Crippen molar-refractivity contribution in [2.75, 3.05) is 11.9 Å². The van der Waals surface area contributed by atoms with Gasteiger partial charge in [-0.3, -0.25) is 0 Å². The Balaban J connectivity index is 1.64. The van der Waals surface area contributed by atoms with Crippen LogP contribution < -0.4 is 5.32 Å². The molecule has 1 unspecified atom stereocenters. The van der Waals surface area contributed by atoms with Crippen LogP contribution in [-0.4, -0.2) is 21.6 Å². The van der Waals surface area contributed by atoms with E-state index in [9.17, 15) is 5.11 Å². The molecule has 0 fully saturated rings. The van der Waals surface area contributed by atoms with E-state index in [-0.39, 0.29) is 0 Å². The number of benzene rings is 2. The Morgan fingerprint density at radius 3 is 2.65 bits per heavy atom. The molecule has 0 aliphatic rings. The first-order chi connectivity index (χ1) is 11.3. The first-order valence-electron chi connectivity index (χ1n) is 7.42. The highest BCUT2D eigenvalue weighted by molar-refractivity contribution is 6.05. The normalized spacial score (nSPS) is 12.6. The van der Waals surface area contributed by atoms with E-state index in [0.717, 1.165) is 22.0 Å². The SMILES string of the molecule is OC(CNc1ncnc2c1oc1ccccc12)c1ccccc1. The molecule has 2 heterocycles. The topological polar surface area (TPSA) is 71.2 Å². The van der Waals surface area contributed by atoms with Crippen LogP contribution in [-0.2, 0) is 0 Å². The van der Waals surface area contributed by atoms with Crippen LogP contribution in [0.15, 0.2) is 65.3 Å². The number of nitrogens with one attached hydrogen (secondary N) is 1. The molecular weight excluding hydrogens is 290 g/mol. The van der Waals surface area contributed by atoms with E-state index in [1.165, 1.54) is 6.33 Å². The smallest absolute Gasteiger partial charge is 0.196 e. The Morgan fingerprint density at radius 2 is 1.78 bits per heavy atom. The molecule has 1 atom stereocenters. The zero-order valence-electron chi connectivity index (χ0n) is 12.3. The zero-order chi connectivity index (χ0) is 15.6. The minimum absolute atomic E-state index is 0.340. The Labute approximate surface area is 132 Å². The second-order valence-electron chi connectivity index (χ2n) is 5.31. The fraction of sp³-hybridized carbons (Fsp3) is 0.111. The summed E-state index contributed by atoms with van der Waals surface area (Å²) in [6.45, 7) is 0.340. The average molecular weight is 305 g/mol. The average Bonchev–Trinajstić information content (AvgIpc) is 3.00. The predicted molar refractivity (Wildman–Crippen MR) is 89.2 cm³/mol. The predicted octanol–water partition coefficient (Wildman–Crippen LogP) is 3.52. The van der Waals surface area contributed by atoms with Gasteiger partial charge in [0, 0.05) is 11.9 Å². The van der Waals surface area contributed by atoms with Crippen LogP contribution in [0.5, 0.6) is 0 Å². The monoisotopic (exact) mass is 305 g/mol. The Hall–Kier alpha value is -2.92. The van der Waals surface area contributed by atoms with Gasteiger partial charge in [0.25, 0.3) is 0 Å². The van der Waals surface area contributed by atoms with Gasteiger partial charge >= 0.3 is 0 Å². The molecule has 0 radical (unpaired) electrons. The summed E-state index contributed by atoms with van der Waals surface area (Å²) in [6, 6.07) is 17.3. The number of anilines is 1. The van der Waals surface area contributed by atoms with Gasteiger partial charge in [-0.05, 0) is 17.7 Å². The molecule has 2 aromatic heterocycles. The third kappa shape index (κ3) is 2.51. The number of nitrogens with zero attached hydrogens (tertiary/aromatic N) is 2. The van der Waals surface area contributed by atoms with Crippen molar-refractivity contribution < 1.29 is 9.52 Å². The number of aromatic nitrogens is 2. The molecule has 0 aliphatic carbocycles. The molecular formula is C18H15N3O2. The van der Waals surface area contributed by atoms with E-state index in [2.05, 4.69) is 15.3 Å². The van der Waals surface area contributed by atoms with Gasteiger partial charge in [0.2, 0.25) is 0 Å². The van der Waals surface area contributed by atoms with Crippen LogP contribution in [0.3, 0.4) is 0 Å². The fourth-order valence-corrected chi connectivity index (χ4v) is 2.64. The van der Waals surface area contributed by atoms with Crippen LogP contribution >= 0.6 is 0 Å². The van der Waals surface area contributed by atoms with Crippen molar-refractivity contribution in [3.8, 4) is 0 Å². The Kier molecular flexibility index (Phi) is 3.40. The number of hydrogen-bond acceptors (Lipinski definition) is 5. The van der Waals surface area contributed by atoms with E-state index in [4.69, 9.17) is 4.42 Å². The number of furan rings is 1. The third-order valence-corrected chi connectivity index (χ3v) is 3.81. The molecule has 5 heteroatoms. The van der Waals surface area contributed by atoms with Crippen molar-refractivity contribution in [2.45, 2.75) is 6.10 Å². The highest BCUT2D eigenvalue weighted by Gasteiger charge is 2.14. The number of rotatable bonds is 4. The highest BCUT2D eigenvalue weighted by Crippen LogP contribution is 2.30. The molecule has 23 heavy (non-hydrogen) atoms. The van der Waals surface area contributed by atoms with Crippen LogP contribution in [0.2, 0.25) is 0 Å². The van der Waals surface area contributed by atoms with Crippen molar-refractivity contribution in [3.63, 3.8) is 0 Å². The van der Waals surface area contributed by atoms with E-state index >= 15 is 0 Å². The summed E-state index contributed by atoms with van der Waals surface area (Å²) < 4.78 is 5.85. The number of hydrogen-bond donors (Lipinski definition) is 2. The second kappa shape index (κ2) is 5.70. The summed E-state index contributed by atoms with van der Waals surface area (Å²) in [6.07, 6.45) is 0.882. The van der Waals surface area contributed by atoms with Crippen molar-refractivity contribution in [3.05, 3.63) is 66.5 Å². The number of aliphatic hydroxyl groups excluding tert-OH is 1. The van der Waals surface area contributed by atoms with E-state index in [0.29, 0.717) is 17.9 Å². The summed E-state index contributed by atoms with van der Waals surface area (Å²) in [5.74, 6) is 0.584. The second-order valence-corrected chi connectivity index (χ2v) is 5.31. The molecule has 4 rings (SSSR count). The zero-order valence-corrected chi connectivity index (χ0v) is 12.3. The Morgan fingerprint density at radius 1 is 1.00 bits per heavy atom. The fourth-order valence-electron chi connectivity index (χ4n) is 2.64. The molecule has 2 aromatic carbocycles. The summed E-state index contributed by atoms with van der Waals surface area (Å²) in [7, 11) is 0. The molecule has 5 nitrogen and oxygen atoms in total. The lowest BCUT2D eigenvalue weighted by molar-refractivity contribution is 0.191. The number of fused-ring (bicyclic) bond motifs is 3. The van der Waals surface area contributed by atoms with Gasteiger partial charge in [-0.15, -0.1) is 0 Å². The van der Waals surface area contributed by atoms with Crippen molar-refractivity contribution >= 4 is 27.9 Å². The van der Waals surface area contributed by atoms with Crippen LogP contribution in [0.25, 0.3) is 22.1 Å². The van der Waals surface area contributed by atoms with Gasteiger partial charge in [-0.25, -0.2) is 9.97 Å². The molecule has 114 valence electrons. The quantitative estimate of drug-likeness (QED) is 0.603. The first-order valence-corrected chi connectivity index (χ1v) is 7.42. The van der Waals surface area contributed by atoms with E-state index in [1.807, 2.05) is 54.6 Å². The van der Waals surface area contributed by atoms with Crippen molar-refractivity contribution in [1.29, 1.82) is 0 Å². The summed E-state index contributed by atoms with van der Waals surface area (Å²) in [5, 5.41) is 14.4. The van der Waals surface area contributed by atoms with Gasteiger partial charge in [0.1, 0.15) is 17.4 Å². The Bertz CT molecular complexity index is 950. The first kappa shape index (κ1) is 13.7. The van der Waals surface area contributed by atoms with Gasteiger partial charge in [-0.1, -0.05) is 42.5 Å². The van der Waals surface area contributed by atoms with Crippen molar-refractivity contribution in [1.82, 2.24) is 9.97 Å². The molecule has 0 saturated heterocycles. The maximum absolute atomic E-state index is 10.3.